The van der Waals surface area contributed by atoms with Crippen molar-refractivity contribution in [1.29, 1.82) is 0 Å². The van der Waals surface area contributed by atoms with Crippen molar-refractivity contribution in [2.24, 2.45) is 5.92 Å². The molecule has 3 atom stereocenters. The molecule has 23 heavy (non-hydrogen) atoms. The standard InChI is InChI=1S/C18H26N2O2S/c1-20(15-7-8-16(10-15)23-2)18(21)19-11-13-9-14-5-3-4-6-17(14)22-12-13/h3-6,13,15-16H,7-12H2,1-2H3,(H,19,21)/t13-,15+,16-/m1/s1. The molecular weight excluding hydrogens is 308 g/mol. The molecule has 2 amide bonds. The fraction of sp³-hybridized carbons (Fsp3) is 0.611. The van der Waals surface area contributed by atoms with Crippen molar-refractivity contribution in [3.8, 4) is 5.75 Å². The van der Waals surface area contributed by atoms with E-state index in [-0.39, 0.29) is 6.03 Å². The van der Waals surface area contributed by atoms with Crippen LogP contribution >= 0.6 is 11.8 Å². The lowest BCUT2D eigenvalue weighted by molar-refractivity contribution is 0.181. The second kappa shape index (κ2) is 7.47. The molecule has 2 aliphatic rings. The minimum Gasteiger partial charge on any atom is -0.493 e. The van der Waals surface area contributed by atoms with Crippen LogP contribution in [-0.4, -0.2) is 48.7 Å². The molecule has 1 heterocycles. The van der Waals surface area contributed by atoms with Crippen LogP contribution in [0.3, 0.4) is 0 Å². The van der Waals surface area contributed by atoms with E-state index < -0.39 is 0 Å². The number of benzene rings is 1. The topological polar surface area (TPSA) is 41.6 Å². The molecule has 5 heteroatoms. The molecule has 1 saturated carbocycles. The van der Waals surface area contributed by atoms with Crippen LogP contribution < -0.4 is 10.1 Å². The lowest BCUT2D eigenvalue weighted by atomic mass is 9.97. The first-order valence-electron chi connectivity index (χ1n) is 8.41. The Hall–Kier alpha value is -1.36. The third-order valence-corrected chi connectivity index (χ3v) is 6.15. The van der Waals surface area contributed by atoms with Gasteiger partial charge in [-0.05, 0) is 43.6 Å². The van der Waals surface area contributed by atoms with E-state index in [0.29, 0.717) is 30.4 Å². The molecule has 0 unspecified atom stereocenters. The molecule has 0 bridgehead atoms. The van der Waals surface area contributed by atoms with E-state index in [0.717, 1.165) is 25.0 Å². The molecule has 1 aromatic rings. The van der Waals surface area contributed by atoms with Crippen LogP contribution in [0.2, 0.25) is 0 Å². The highest BCUT2D eigenvalue weighted by atomic mass is 32.2. The zero-order valence-corrected chi connectivity index (χ0v) is 14.8. The first-order valence-corrected chi connectivity index (χ1v) is 9.70. The van der Waals surface area contributed by atoms with Crippen molar-refractivity contribution in [3.05, 3.63) is 29.8 Å². The smallest absolute Gasteiger partial charge is 0.317 e. The SMILES string of the molecule is CS[C@@H]1CC[C@H](N(C)C(=O)NC[C@@H]2COc3ccccc3C2)C1. The molecule has 126 valence electrons. The van der Waals surface area contributed by atoms with Crippen LogP contribution in [0.15, 0.2) is 24.3 Å². The Morgan fingerprint density at radius 3 is 3.00 bits per heavy atom. The minimum atomic E-state index is 0.0515. The predicted octanol–water partition coefficient (Wildman–Crippen LogP) is 3.16. The molecule has 0 spiro atoms. The van der Waals surface area contributed by atoms with Crippen LogP contribution in [0.25, 0.3) is 0 Å². The van der Waals surface area contributed by atoms with Crippen molar-refractivity contribution in [2.45, 2.75) is 37.0 Å². The maximum Gasteiger partial charge on any atom is 0.317 e. The van der Waals surface area contributed by atoms with Gasteiger partial charge < -0.3 is 15.0 Å². The first kappa shape index (κ1) is 16.5. The Kier molecular flexibility index (Phi) is 5.36. The average Bonchev–Trinajstić information content (AvgIpc) is 3.08. The Labute approximate surface area is 143 Å². The maximum absolute atomic E-state index is 12.4. The molecule has 0 radical (unpaired) electrons. The van der Waals surface area contributed by atoms with Crippen molar-refractivity contribution >= 4 is 17.8 Å². The third-order valence-electron chi connectivity index (χ3n) is 5.06. The van der Waals surface area contributed by atoms with Gasteiger partial charge >= 0.3 is 6.03 Å². The number of thioether (sulfide) groups is 1. The summed E-state index contributed by atoms with van der Waals surface area (Å²) in [7, 11) is 1.93. The minimum absolute atomic E-state index is 0.0515. The number of para-hydroxylation sites is 1. The molecule has 1 fully saturated rings. The largest absolute Gasteiger partial charge is 0.493 e. The van der Waals surface area contributed by atoms with Gasteiger partial charge in [-0.25, -0.2) is 4.79 Å². The molecule has 3 rings (SSSR count). The van der Waals surface area contributed by atoms with E-state index in [4.69, 9.17) is 4.74 Å². The number of rotatable bonds is 4. The molecule has 4 nitrogen and oxygen atoms in total. The van der Waals surface area contributed by atoms with Gasteiger partial charge in [-0.15, -0.1) is 0 Å². The number of hydrogen-bond acceptors (Lipinski definition) is 3. The van der Waals surface area contributed by atoms with Gasteiger partial charge in [-0.3, -0.25) is 0 Å². The molecule has 1 N–H and O–H groups in total. The summed E-state index contributed by atoms with van der Waals surface area (Å²) < 4.78 is 5.79. The summed E-state index contributed by atoms with van der Waals surface area (Å²) in [5.41, 5.74) is 1.24. The van der Waals surface area contributed by atoms with Crippen LogP contribution in [-0.2, 0) is 6.42 Å². The molecule has 1 aromatic carbocycles. The van der Waals surface area contributed by atoms with Crippen LogP contribution in [0.5, 0.6) is 5.75 Å². The fourth-order valence-electron chi connectivity index (χ4n) is 3.53. The van der Waals surface area contributed by atoms with Gasteiger partial charge in [0.25, 0.3) is 0 Å². The predicted molar refractivity (Wildman–Crippen MR) is 95.2 cm³/mol. The monoisotopic (exact) mass is 334 g/mol. The zero-order chi connectivity index (χ0) is 16.2. The van der Waals surface area contributed by atoms with E-state index in [1.807, 2.05) is 41.9 Å². The van der Waals surface area contributed by atoms with Crippen molar-refractivity contribution < 1.29 is 9.53 Å². The van der Waals surface area contributed by atoms with Crippen molar-refractivity contribution in [3.63, 3.8) is 0 Å². The van der Waals surface area contributed by atoms with Crippen LogP contribution in [0, 0.1) is 5.92 Å². The highest BCUT2D eigenvalue weighted by Gasteiger charge is 2.29. The van der Waals surface area contributed by atoms with E-state index in [1.54, 1.807) is 0 Å². The van der Waals surface area contributed by atoms with Gasteiger partial charge in [0.15, 0.2) is 0 Å². The summed E-state index contributed by atoms with van der Waals surface area (Å²) in [4.78, 5) is 14.3. The summed E-state index contributed by atoms with van der Waals surface area (Å²) >= 11 is 1.92. The Morgan fingerprint density at radius 1 is 1.39 bits per heavy atom. The Balaban J connectivity index is 1.46. The summed E-state index contributed by atoms with van der Waals surface area (Å²) in [6.45, 7) is 1.36. The highest BCUT2D eigenvalue weighted by molar-refractivity contribution is 7.99. The van der Waals surface area contributed by atoms with Gasteiger partial charge in [0, 0.05) is 30.8 Å². The highest BCUT2D eigenvalue weighted by Crippen LogP contribution is 2.31. The number of fused-ring (bicyclic) bond motifs is 1. The van der Waals surface area contributed by atoms with Crippen LogP contribution in [0.1, 0.15) is 24.8 Å². The van der Waals surface area contributed by atoms with Crippen molar-refractivity contribution in [2.75, 3.05) is 26.5 Å². The molecule has 1 aliphatic carbocycles. The van der Waals surface area contributed by atoms with Crippen LogP contribution in [0.4, 0.5) is 4.79 Å². The average molecular weight is 334 g/mol. The number of amides is 2. The summed E-state index contributed by atoms with van der Waals surface area (Å²) in [5.74, 6) is 1.34. The molecule has 0 saturated heterocycles. The van der Waals surface area contributed by atoms with Gasteiger partial charge in [0.05, 0.1) is 6.61 Å². The number of nitrogens with one attached hydrogen (secondary N) is 1. The first-order chi connectivity index (χ1) is 11.2. The van der Waals surface area contributed by atoms with Gasteiger partial charge in [-0.1, -0.05) is 18.2 Å². The second-order valence-corrected chi connectivity index (χ2v) is 7.75. The number of ether oxygens (including phenoxy) is 1. The zero-order valence-electron chi connectivity index (χ0n) is 14.0. The summed E-state index contributed by atoms with van der Waals surface area (Å²) in [6, 6.07) is 8.60. The van der Waals surface area contributed by atoms with Gasteiger partial charge in [0.2, 0.25) is 0 Å². The second-order valence-electron chi connectivity index (χ2n) is 6.61. The maximum atomic E-state index is 12.4. The van der Waals surface area contributed by atoms with E-state index in [9.17, 15) is 4.79 Å². The number of carbonyl (C=O) groups is 1. The number of nitrogens with zero attached hydrogens (tertiary/aromatic N) is 1. The molecule has 0 aromatic heterocycles. The summed E-state index contributed by atoms with van der Waals surface area (Å²) in [5, 5.41) is 3.80. The van der Waals surface area contributed by atoms with Gasteiger partial charge in [-0.2, -0.15) is 11.8 Å². The number of carbonyl (C=O) groups excluding carboxylic acids is 1. The van der Waals surface area contributed by atoms with E-state index in [2.05, 4.69) is 17.6 Å². The van der Waals surface area contributed by atoms with Gasteiger partial charge in [0.1, 0.15) is 5.75 Å². The number of urea groups is 1. The molecular formula is C18H26N2O2S. The Morgan fingerprint density at radius 2 is 2.22 bits per heavy atom. The van der Waals surface area contributed by atoms with Crippen molar-refractivity contribution in [1.82, 2.24) is 10.2 Å². The Bertz CT molecular complexity index is 552. The lowest BCUT2D eigenvalue weighted by Crippen LogP contribution is -2.45. The lowest BCUT2D eigenvalue weighted by Gasteiger charge is -2.28. The summed E-state index contributed by atoms with van der Waals surface area (Å²) in [6.07, 6.45) is 6.59. The van der Waals surface area contributed by atoms with E-state index >= 15 is 0 Å². The fourth-order valence-corrected chi connectivity index (χ4v) is 4.31. The molecule has 1 aliphatic heterocycles. The quantitative estimate of drug-likeness (QED) is 0.919. The third kappa shape index (κ3) is 3.94. The van der Waals surface area contributed by atoms with E-state index in [1.165, 1.54) is 12.0 Å². The number of hydrogen-bond donors (Lipinski definition) is 1. The normalized spacial score (nSPS) is 26.3.